The van der Waals surface area contributed by atoms with E-state index in [4.69, 9.17) is 4.74 Å². The lowest BCUT2D eigenvalue weighted by atomic mass is 10.1. The van der Waals surface area contributed by atoms with Crippen LogP contribution in [0.4, 0.5) is 0 Å². The van der Waals surface area contributed by atoms with Gasteiger partial charge in [-0.15, -0.1) is 11.3 Å². The van der Waals surface area contributed by atoms with Gasteiger partial charge in [-0.2, -0.15) is 4.31 Å². The number of hydrogen-bond acceptors (Lipinski definition) is 5. The largest absolute Gasteiger partial charge is 0.378 e. The van der Waals surface area contributed by atoms with Crippen LogP contribution < -0.4 is 5.32 Å². The van der Waals surface area contributed by atoms with E-state index in [0.29, 0.717) is 31.1 Å². The lowest BCUT2D eigenvalue weighted by Crippen LogP contribution is -2.41. The molecule has 0 aromatic carbocycles. The Morgan fingerprint density at radius 1 is 1.43 bits per heavy atom. The smallest absolute Gasteiger partial charge is 0.244 e. The molecule has 1 aliphatic heterocycles. The van der Waals surface area contributed by atoms with Crippen LogP contribution in [0.1, 0.15) is 30.2 Å². The van der Waals surface area contributed by atoms with Crippen molar-refractivity contribution in [3.05, 3.63) is 15.8 Å². The molecule has 1 aromatic heterocycles. The molecule has 0 saturated carbocycles. The van der Waals surface area contributed by atoms with E-state index >= 15 is 0 Å². The number of piperidine rings is 1. The molecule has 2 heterocycles. The molecule has 0 spiro atoms. The molecule has 2 rings (SSSR count). The third-order valence-electron chi connectivity index (χ3n) is 3.73. The molecule has 7 heteroatoms. The minimum absolute atomic E-state index is 0.196. The first kappa shape index (κ1) is 16.9. The monoisotopic (exact) mass is 332 g/mol. The Morgan fingerprint density at radius 2 is 2.10 bits per heavy atom. The summed E-state index contributed by atoms with van der Waals surface area (Å²) in [5.41, 5.74) is 0.845. The first-order chi connectivity index (χ1) is 10.0. The van der Waals surface area contributed by atoms with Crippen LogP contribution in [-0.2, 0) is 21.3 Å². The zero-order valence-corrected chi connectivity index (χ0v) is 14.5. The highest BCUT2D eigenvalue weighted by Crippen LogP contribution is 2.31. The van der Waals surface area contributed by atoms with E-state index in [1.807, 2.05) is 26.3 Å². The number of nitrogens with zero attached hydrogens (tertiary/aromatic N) is 1. The predicted octanol–water partition coefficient (Wildman–Crippen LogP) is 1.97. The van der Waals surface area contributed by atoms with Crippen LogP contribution in [0.2, 0.25) is 0 Å². The van der Waals surface area contributed by atoms with Crippen molar-refractivity contribution in [1.82, 2.24) is 9.62 Å². The summed E-state index contributed by atoms with van der Waals surface area (Å²) in [6.07, 6.45) is 1.75. The van der Waals surface area contributed by atoms with E-state index in [0.717, 1.165) is 23.3 Å². The second-order valence-corrected chi connectivity index (χ2v) is 8.10. The van der Waals surface area contributed by atoms with Crippen molar-refractivity contribution in [3.8, 4) is 0 Å². The molecule has 0 unspecified atom stereocenters. The summed E-state index contributed by atoms with van der Waals surface area (Å²) in [6, 6.07) is 0. The molecular formula is C14H24N2O3S2. The number of nitrogens with one attached hydrogen (secondary N) is 1. The molecule has 1 aromatic rings. The zero-order valence-electron chi connectivity index (χ0n) is 12.9. The predicted molar refractivity (Wildman–Crippen MR) is 85.2 cm³/mol. The van der Waals surface area contributed by atoms with Crippen LogP contribution in [0.15, 0.2) is 10.3 Å². The minimum atomic E-state index is -3.39. The van der Waals surface area contributed by atoms with Gasteiger partial charge in [-0.25, -0.2) is 8.42 Å². The standard InChI is InChI=1S/C14H24N2O3S2/c1-4-19-12-5-7-16(8-6-12)21(17,18)14-11(2)10-20-13(14)9-15-3/h10,12,15H,4-9H2,1-3H3. The summed E-state index contributed by atoms with van der Waals surface area (Å²) in [6.45, 7) is 6.20. The molecule has 0 atom stereocenters. The maximum Gasteiger partial charge on any atom is 0.244 e. The molecule has 1 fully saturated rings. The van der Waals surface area contributed by atoms with Crippen molar-refractivity contribution in [2.45, 2.75) is 44.2 Å². The summed E-state index contributed by atoms with van der Waals surface area (Å²) in [4.78, 5) is 1.39. The van der Waals surface area contributed by atoms with Gasteiger partial charge in [-0.3, -0.25) is 0 Å². The Bertz CT molecular complexity index is 561. The van der Waals surface area contributed by atoms with E-state index in [9.17, 15) is 8.42 Å². The molecule has 0 radical (unpaired) electrons. The van der Waals surface area contributed by atoms with Crippen molar-refractivity contribution in [3.63, 3.8) is 0 Å². The Labute approximate surface area is 131 Å². The summed E-state index contributed by atoms with van der Waals surface area (Å²) in [7, 11) is -1.56. The quantitative estimate of drug-likeness (QED) is 0.865. The summed E-state index contributed by atoms with van der Waals surface area (Å²) < 4.78 is 33.0. The van der Waals surface area contributed by atoms with Crippen molar-refractivity contribution < 1.29 is 13.2 Å². The van der Waals surface area contributed by atoms with E-state index in [2.05, 4.69) is 5.32 Å². The summed E-state index contributed by atoms with van der Waals surface area (Å²) >= 11 is 1.51. The van der Waals surface area contributed by atoms with Gasteiger partial charge >= 0.3 is 0 Å². The lowest BCUT2D eigenvalue weighted by molar-refractivity contribution is 0.0290. The third kappa shape index (κ3) is 3.65. The van der Waals surface area contributed by atoms with Crippen LogP contribution in [0, 0.1) is 6.92 Å². The van der Waals surface area contributed by atoms with Gasteiger partial charge in [-0.05, 0) is 44.7 Å². The van der Waals surface area contributed by atoms with Crippen LogP contribution in [-0.4, -0.2) is 45.6 Å². The maximum atomic E-state index is 12.9. The van der Waals surface area contributed by atoms with Gasteiger partial charge in [0.1, 0.15) is 4.90 Å². The molecule has 0 bridgehead atoms. The number of sulfonamides is 1. The minimum Gasteiger partial charge on any atom is -0.378 e. The number of hydrogen-bond donors (Lipinski definition) is 1. The van der Waals surface area contributed by atoms with Gasteiger partial charge in [0.25, 0.3) is 0 Å². The van der Waals surface area contributed by atoms with Crippen molar-refractivity contribution in [2.24, 2.45) is 0 Å². The second-order valence-electron chi connectivity index (χ2n) is 5.26. The van der Waals surface area contributed by atoms with E-state index in [1.165, 1.54) is 11.3 Å². The van der Waals surface area contributed by atoms with Crippen molar-refractivity contribution in [2.75, 3.05) is 26.7 Å². The maximum absolute atomic E-state index is 12.9. The van der Waals surface area contributed by atoms with E-state index < -0.39 is 10.0 Å². The second kappa shape index (κ2) is 7.19. The van der Waals surface area contributed by atoms with Crippen LogP contribution >= 0.6 is 11.3 Å². The molecular weight excluding hydrogens is 308 g/mol. The molecule has 120 valence electrons. The molecule has 0 aliphatic carbocycles. The van der Waals surface area contributed by atoms with Crippen LogP contribution in [0.5, 0.6) is 0 Å². The number of ether oxygens (including phenoxy) is 1. The van der Waals surface area contributed by atoms with Crippen LogP contribution in [0.3, 0.4) is 0 Å². The fourth-order valence-electron chi connectivity index (χ4n) is 2.72. The summed E-state index contributed by atoms with van der Waals surface area (Å²) in [5, 5.41) is 4.97. The fraction of sp³-hybridized carbons (Fsp3) is 0.714. The first-order valence-electron chi connectivity index (χ1n) is 7.34. The molecule has 5 nitrogen and oxygen atoms in total. The van der Waals surface area contributed by atoms with Gasteiger partial charge < -0.3 is 10.1 Å². The Kier molecular flexibility index (Phi) is 5.79. The van der Waals surface area contributed by atoms with Gasteiger partial charge in [0, 0.05) is 31.1 Å². The highest BCUT2D eigenvalue weighted by Gasteiger charge is 2.32. The van der Waals surface area contributed by atoms with Crippen molar-refractivity contribution in [1.29, 1.82) is 0 Å². The van der Waals surface area contributed by atoms with Crippen molar-refractivity contribution >= 4 is 21.4 Å². The van der Waals surface area contributed by atoms with Gasteiger partial charge in [-0.1, -0.05) is 0 Å². The average Bonchev–Trinajstić information content (AvgIpc) is 2.82. The average molecular weight is 332 g/mol. The molecule has 1 saturated heterocycles. The van der Waals surface area contributed by atoms with E-state index in [1.54, 1.807) is 4.31 Å². The Hall–Kier alpha value is -0.470. The van der Waals surface area contributed by atoms with Gasteiger partial charge in [0.05, 0.1) is 6.10 Å². The van der Waals surface area contributed by atoms with Crippen LogP contribution in [0.25, 0.3) is 0 Å². The fourth-order valence-corrected chi connectivity index (χ4v) is 5.96. The zero-order chi connectivity index (χ0) is 15.5. The van der Waals surface area contributed by atoms with E-state index in [-0.39, 0.29) is 6.10 Å². The highest BCUT2D eigenvalue weighted by molar-refractivity contribution is 7.89. The number of rotatable bonds is 6. The Balaban J connectivity index is 2.18. The molecule has 1 N–H and O–H groups in total. The summed E-state index contributed by atoms with van der Waals surface area (Å²) in [5.74, 6) is 0. The number of aryl methyl sites for hydroxylation is 1. The molecule has 21 heavy (non-hydrogen) atoms. The van der Waals surface area contributed by atoms with Gasteiger partial charge in [0.2, 0.25) is 10.0 Å². The third-order valence-corrected chi connectivity index (χ3v) is 7.09. The highest BCUT2D eigenvalue weighted by atomic mass is 32.2. The molecule has 0 amide bonds. The van der Waals surface area contributed by atoms with Gasteiger partial charge in [0.15, 0.2) is 0 Å². The lowest BCUT2D eigenvalue weighted by Gasteiger charge is -2.31. The molecule has 1 aliphatic rings. The normalized spacial score (nSPS) is 18.2. The Morgan fingerprint density at radius 3 is 2.67 bits per heavy atom. The SMILES string of the molecule is CCOC1CCN(S(=O)(=O)c2c(C)csc2CNC)CC1. The first-order valence-corrected chi connectivity index (χ1v) is 9.66. The topological polar surface area (TPSA) is 58.6 Å². The number of thiophene rings is 1.